The van der Waals surface area contributed by atoms with Gasteiger partial charge >= 0.3 is 256 Å². The first-order valence-electron chi connectivity index (χ1n) is 16.0. The summed E-state index contributed by atoms with van der Waals surface area (Å²) in [6.07, 6.45) is -0.962. The van der Waals surface area contributed by atoms with E-state index < -0.39 is 74.0 Å². The average Bonchev–Trinajstić information content (AvgIpc) is 2.91. The molecule has 10 nitrogen and oxygen atoms in total. The molecule has 0 unspecified atom stereocenters. The molecule has 0 atom stereocenters. The van der Waals surface area contributed by atoms with Crippen LogP contribution in [0.4, 0.5) is 0 Å². The Bertz CT molecular complexity index is 1410. The van der Waals surface area contributed by atoms with E-state index in [0.29, 0.717) is 11.5 Å². The number of esters is 2. The van der Waals surface area contributed by atoms with Crippen LogP contribution < -0.4 is 18.9 Å². The summed E-state index contributed by atoms with van der Waals surface area (Å²) < 4.78 is 33.1. The predicted molar refractivity (Wildman–Crippen MR) is 190 cm³/mol. The Morgan fingerprint density at radius 3 is 1.02 bits per heavy atom. The Morgan fingerprint density at radius 1 is 0.510 bits per heavy atom. The average molecular weight is 788 g/mol. The molecule has 0 aliphatic heterocycles. The zero-order valence-corrected chi connectivity index (χ0v) is 33.9. The van der Waals surface area contributed by atoms with Crippen LogP contribution in [0.1, 0.15) is 95.9 Å². The van der Waals surface area contributed by atoms with Gasteiger partial charge in [0.2, 0.25) is 0 Å². The zero-order valence-electron chi connectivity index (χ0n) is 31.0. The Labute approximate surface area is 296 Å². The van der Waals surface area contributed by atoms with Crippen LogP contribution in [-0.4, -0.2) is 54.3 Å². The fraction of sp³-hybridized carbons (Fsp3) is 0.474. The van der Waals surface area contributed by atoms with Crippen LogP contribution in [0, 0.1) is 0 Å². The third-order valence-electron chi connectivity index (χ3n) is 6.70. The van der Waals surface area contributed by atoms with Crippen LogP contribution in [0.15, 0.2) is 72.8 Å². The van der Waals surface area contributed by atoms with E-state index in [2.05, 4.69) is 13.2 Å². The molecule has 2 aromatic rings. The van der Waals surface area contributed by atoms with Crippen LogP contribution in [0.5, 0.6) is 23.0 Å². The summed E-state index contributed by atoms with van der Waals surface area (Å²) >= 11 is -4.87. The second-order valence-corrected chi connectivity index (χ2v) is 29.0. The van der Waals surface area contributed by atoms with Crippen LogP contribution in [0.25, 0.3) is 0 Å². The summed E-state index contributed by atoms with van der Waals surface area (Å²) in [5.74, 6) is -1.46. The number of hydrogen-bond donors (Lipinski definition) is 0. The molecule has 0 radical (unpaired) electrons. The third kappa shape index (κ3) is 12.9. The molecule has 0 fully saturated rings. The topological polar surface area (TPSA) is 124 Å². The molecule has 0 bridgehead atoms. The first kappa shape index (κ1) is 41.4. The van der Waals surface area contributed by atoms with Crippen molar-refractivity contribution in [2.75, 3.05) is 0 Å². The molecular weight excluding hydrogens is 735 g/mol. The van der Waals surface area contributed by atoms with Crippen LogP contribution in [0.3, 0.4) is 0 Å². The SMILES string of the molecule is C=C(CC(=O)[O][Sn]([O]C(=O)CC(=C)C(=O)Oc1ccc(OC(C)(C)C)cc1)([C](C)(C)C)[C](C)(C)C)C(=O)Oc1ccc(OC(C)(C)C)cc1. The third-order valence-corrected chi connectivity index (χ3v) is 20.9. The van der Waals surface area contributed by atoms with E-state index in [4.69, 9.17) is 25.1 Å². The van der Waals surface area contributed by atoms with E-state index in [1.807, 2.05) is 83.1 Å². The number of carbonyl (C=O) groups is 4. The molecule has 0 aliphatic rings. The fourth-order valence-electron chi connectivity index (χ4n) is 4.86. The molecule has 0 aliphatic carbocycles. The predicted octanol–water partition coefficient (Wildman–Crippen LogP) is 8.57. The molecule has 0 amide bonds. The summed E-state index contributed by atoms with van der Waals surface area (Å²) in [5.41, 5.74) is -1.06. The van der Waals surface area contributed by atoms with Gasteiger partial charge in [-0.25, -0.2) is 0 Å². The molecule has 0 aromatic heterocycles. The van der Waals surface area contributed by atoms with Gasteiger partial charge in [0.1, 0.15) is 0 Å². The van der Waals surface area contributed by atoms with Crippen molar-refractivity contribution < 1.29 is 44.3 Å². The van der Waals surface area contributed by atoms with E-state index in [0.717, 1.165) is 0 Å². The van der Waals surface area contributed by atoms with Gasteiger partial charge in [0.15, 0.2) is 0 Å². The van der Waals surface area contributed by atoms with Gasteiger partial charge < -0.3 is 0 Å². The van der Waals surface area contributed by atoms with Gasteiger partial charge in [-0.1, -0.05) is 0 Å². The maximum absolute atomic E-state index is 13.4. The number of rotatable bonds is 12. The van der Waals surface area contributed by atoms with Gasteiger partial charge in [-0.3, -0.25) is 0 Å². The summed E-state index contributed by atoms with van der Waals surface area (Å²) in [7, 11) is 0. The van der Waals surface area contributed by atoms with Crippen molar-refractivity contribution in [2.45, 2.75) is 114 Å². The van der Waals surface area contributed by atoms with Crippen molar-refractivity contribution in [1.82, 2.24) is 0 Å². The van der Waals surface area contributed by atoms with E-state index in [9.17, 15) is 19.2 Å². The number of ether oxygens (including phenoxy) is 4. The monoisotopic (exact) mass is 788 g/mol. The normalized spacial score (nSPS) is 12.3. The number of hydrogen-bond acceptors (Lipinski definition) is 10. The van der Waals surface area contributed by atoms with E-state index in [1.165, 1.54) is 0 Å². The van der Waals surface area contributed by atoms with Crippen molar-refractivity contribution in [2.24, 2.45) is 0 Å². The Hall–Kier alpha value is -3.80. The Balaban J connectivity index is 2.11. The van der Waals surface area contributed by atoms with E-state index in [1.54, 1.807) is 48.5 Å². The van der Waals surface area contributed by atoms with Crippen LogP contribution >= 0.6 is 0 Å². The molecule has 2 aromatic carbocycles. The molecule has 0 saturated carbocycles. The van der Waals surface area contributed by atoms with Gasteiger partial charge in [0.25, 0.3) is 0 Å². The van der Waals surface area contributed by atoms with Crippen LogP contribution in [0.2, 0.25) is 6.86 Å². The summed E-state index contributed by atoms with van der Waals surface area (Å²) in [5, 5.41) is 0. The second kappa shape index (κ2) is 15.8. The molecule has 49 heavy (non-hydrogen) atoms. The molecule has 11 heteroatoms. The van der Waals surface area contributed by atoms with E-state index in [-0.39, 0.29) is 22.6 Å². The Kier molecular flexibility index (Phi) is 13.4. The van der Waals surface area contributed by atoms with Gasteiger partial charge in [0, 0.05) is 0 Å². The molecular formula is C38H52O10Sn. The van der Waals surface area contributed by atoms with Gasteiger partial charge in [-0.2, -0.15) is 0 Å². The maximum atomic E-state index is 13.4. The van der Waals surface area contributed by atoms with Gasteiger partial charge in [-0.15, -0.1) is 0 Å². The molecule has 0 N–H and O–H groups in total. The van der Waals surface area contributed by atoms with Crippen LogP contribution in [-0.2, 0) is 25.3 Å². The van der Waals surface area contributed by atoms with Gasteiger partial charge in [0.05, 0.1) is 0 Å². The molecule has 0 heterocycles. The quantitative estimate of drug-likeness (QED) is 0.0895. The van der Waals surface area contributed by atoms with Crippen molar-refractivity contribution in [3.63, 3.8) is 0 Å². The molecule has 268 valence electrons. The summed E-state index contributed by atoms with van der Waals surface area (Å²) in [4.78, 5) is 52.3. The minimum absolute atomic E-state index is 0.136. The van der Waals surface area contributed by atoms with E-state index >= 15 is 0 Å². The number of carbonyl (C=O) groups excluding carboxylic acids is 4. The molecule has 0 saturated heterocycles. The summed E-state index contributed by atoms with van der Waals surface area (Å²) in [6, 6.07) is 13.0. The van der Waals surface area contributed by atoms with Gasteiger partial charge in [-0.05, 0) is 41.5 Å². The minimum atomic E-state index is -4.87. The zero-order chi connectivity index (χ0) is 37.6. The second-order valence-electron chi connectivity index (χ2n) is 15.8. The van der Waals surface area contributed by atoms with Crippen molar-refractivity contribution >= 4 is 43.1 Å². The standard InChI is InChI=1S/2C15H18O5.2C4H9.Sn/c2*1-10(9-13(16)17)14(18)19-11-5-7-12(8-6-11)20-15(2,3)4;2*1-4(2)3;/h2*5-8H,1,9H2,2-4H3,(H,16,17);2*1-3H3;/q;;;;+2/p-2. The first-order valence-corrected chi connectivity index (χ1v) is 21.2. The first-order chi connectivity index (χ1) is 22.2. The fourth-order valence-corrected chi connectivity index (χ4v) is 17.1. The van der Waals surface area contributed by atoms with Crippen molar-refractivity contribution in [3.05, 3.63) is 72.8 Å². The molecule has 2 rings (SSSR count). The van der Waals surface area contributed by atoms with Crippen molar-refractivity contribution in [3.8, 4) is 23.0 Å². The number of benzene rings is 2. The Morgan fingerprint density at radius 2 is 0.776 bits per heavy atom. The molecule has 0 spiro atoms. The van der Waals surface area contributed by atoms with Crippen molar-refractivity contribution in [1.29, 1.82) is 0 Å². The summed E-state index contributed by atoms with van der Waals surface area (Å²) in [6.45, 7) is 30.0.